The molecule has 2 rings (SSSR count). The average molecular weight is 304 g/mol. The van der Waals surface area contributed by atoms with Crippen LogP contribution in [0, 0.1) is 0 Å². The van der Waals surface area contributed by atoms with E-state index in [1.165, 1.54) is 20.2 Å². The molecule has 116 valence electrons. The van der Waals surface area contributed by atoms with E-state index in [0.717, 1.165) is 4.68 Å². The van der Waals surface area contributed by atoms with Crippen LogP contribution in [0.1, 0.15) is 5.56 Å². The Morgan fingerprint density at radius 2 is 2.00 bits per heavy atom. The van der Waals surface area contributed by atoms with Gasteiger partial charge in [0.05, 0.1) is 26.3 Å². The van der Waals surface area contributed by atoms with E-state index in [0.29, 0.717) is 22.8 Å². The standard InChI is InChI=1S/C15H16N2O5/c1-17-15(20)9(7-14(18)19)6-12(16-17)11-5-4-10(21-2)8-13(11)22-3/h4-6,8H,7H2,1-3H3,(H,18,19). The van der Waals surface area contributed by atoms with Crippen LogP contribution in [0.4, 0.5) is 0 Å². The lowest BCUT2D eigenvalue weighted by atomic mass is 10.1. The number of rotatable bonds is 5. The molecule has 2 aromatic rings. The number of aromatic nitrogens is 2. The lowest BCUT2D eigenvalue weighted by molar-refractivity contribution is -0.136. The van der Waals surface area contributed by atoms with Crippen LogP contribution in [0.25, 0.3) is 11.3 Å². The molecule has 0 radical (unpaired) electrons. The largest absolute Gasteiger partial charge is 0.497 e. The molecule has 0 aliphatic rings. The third-order valence-electron chi connectivity index (χ3n) is 3.16. The van der Waals surface area contributed by atoms with E-state index in [-0.39, 0.29) is 12.0 Å². The predicted molar refractivity (Wildman–Crippen MR) is 79.4 cm³/mol. The maximum Gasteiger partial charge on any atom is 0.308 e. The maximum absolute atomic E-state index is 11.9. The molecule has 0 bridgehead atoms. The molecule has 0 atom stereocenters. The summed E-state index contributed by atoms with van der Waals surface area (Å²) in [7, 11) is 4.54. The minimum atomic E-state index is -1.07. The van der Waals surface area contributed by atoms with E-state index in [9.17, 15) is 9.59 Å². The molecule has 0 aliphatic heterocycles. The Kier molecular flexibility index (Phi) is 4.45. The minimum Gasteiger partial charge on any atom is -0.497 e. The Morgan fingerprint density at radius 3 is 2.59 bits per heavy atom. The molecule has 0 aliphatic carbocycles. The summed E-state index contributed by atoms with van der Waals surface area (Å²) < 4.78 is 11.6. The fraction of sp³-hybridized carbons (Fsp3) is 0.267. The SMILES string of the molecule is COc1ccc(-c2cc(CC(=O)O)c(=O)n(C)n2)c(OC)c1. The van der Waals surface area contributed by atoms with Crippen LogP contribution in [0.15, 0.2) is 29.1 Å². The summed E-state index contributed by atoms with van der Waals surface area (Å²) in [6.45, 7) is 0. The number of hydrogen-bond donors (Lipinski definition) is 1. The highest BCUT2D eigenvalue weighted by Crippen LogP contribution is 2.32. The summed E-state index contributed by atoms with van der Waals surface area (Å²) in [5.74, 6) is 0.0684. The highest BCUT2D eigenvalue weighted by Gasteiger charge is 2.14. The Bertz CT molecular complexity index is 767. The third kappa shape index (κ3) is 3.08. The van der Waals surface area contributed by atoms with Crippen LogP contribution in [-0.2, 0) is 18.3 Å². The molecule has 1 N–H and O–H groups in total. The number of aryl methyl sites for hydroxylation is 1. The van der Waals surface area contributed by atoms with Crippen LogP contribution in [0.5, 0.6) is 11.5 Å². The topological polar surface area (TPSA) is 90.7 Å². The first-order valence-electron chi connectivity index (χ1n) is 6.47. The van der Waals surface area contributed by atoms with Crippen molar-refractivity contribution in [3.8, 4) is 22.8 Å². The van der Waals surface area contributed by atoms with E-state index < -0.39 is 11.5 Å². The minimum absolute atomic E-state index is 0.165. The van der Waals surface area contributed by atoms with Crippen molar-refractivity contribution in [1.82, 2.24) is 9.78 Å². The van der Waals surface area contributed by atoms with Crippen LogP contribution in [-0.4, -0.2) is 35.1 Å². The first-order valence-corrected chi connectivity index (χ1v) is 6.47. The second-order valence-electron chi connectivity index (χ2n) is 4.62. The van der Waals surface area contributed by atoms with E-state index >= 15 is 0 Å². The van der Waals surface area contributed by atoms with Gasteiger partial charge >= 0.3 is 5.97 Å². The van der Waals surface area contributed by atoms with Gasteiger partial charge in [-0.1, -0.05) is 0 Å². The van der Waals surface area contributed by atoms with Crippen LogP contribution >= 0.6 is 0 Å². The Balaban J connectivity index is 2.60. The zero-order valence-corrected chi connectivity index (χ0v) is 12.5. The van der Waals surface area contributed by atoms with Gasteiger partial charge in [-0.25, -0.2) is 4.68 Å². The first kappa shape index (κ1) is 15.6. The predicted octanol–water partition coefficient (Wildman–Crippen LogP) is 1.09. The Labute approximate surface area is 126 Å². The normalized spacial score (nSPS) is 10.3. The van der Waals surface area contributed by atoms with Gasteiger partial charge in [0, 0.05) is 24.2 Å². The molecule has 0 spiro atoms. The van der Waals surface area contributed by atoms with Crippen molar-refractivity contribution in [1.29, 1.82) is 0 Å². The first-order chi connectivity index (χ1) is 10.5. The molecule has 0 fully saturated rings. The molecule has 0 saturated heterocycles. The highest BCUT2D eigenvalue weighted by molar-refractivity contribution is 5.72. The van der Waals surface area contributed by atoms with Crippen molar-refractivity contribution in [2.45, 2.75) is 6.42 Å². The summed E-state index contributed by atoms with van der Waals surface area (Å²) >= 11 is 0. The second-order valence-corrected chi connectivity index (χ2v) is 4.62. The van der Waals surface area contributed by atoms with Gasteiger partial charge in [-0.2, -0.15) is 5.10 Å². The quantitative estimate of drug-likeness (QED) is 0.889. The summed E-state index contributed by atoms with van der Waals surface area (Å²) in [6, 6.07) is 6.65. The molecule has 1 aromatic carbocycles. The molecular weight excluding hydrogens is 288 g/mol. The number of aliphatic carboxylic acids is 1. The molecule has 0 unspecified atom stereocenters. The number of methoxy groups -OCH3 is 2. The number of carboxylic acid groups (broad SMARTS) is 1. The number of carboxylic acids is 1. The van der Waals surface area contributed by atoms with Gasteiger partial charge in [0.15, 0.2) is 0 Å². The van der Waals surface area contributed by atoms with Crippen LogP contribution < -0.4 is 15.0 Å². The molecule has 1 aromatic heterocycles. The van der Waals surface area contributed by atoms with Crippen molar-refractivity contribution >= 4 is 5.97 Å². The van der Waals surface area contributed by atoms with Gasteiger partial charge in [-0.15, -0.1) is 0 Å². The van der Waals surface area contributed by atoms with E-state index in [1.807, 2.05) is 0 Å². The molecule has 7 nitrogen and oxygen atoms in total. The molecule has 22 heavy (non-hydrogen) atoms. The molecule has 1 heterocycles. The monoisotopic (exact) mass is 304 g/mol. The van der Waals surface area contributed by atoms with Gasteiger partial charge in [-0.05, 0) is 18.2 Å². The van der Waals surface area contributed by atoms with Gasteiger partial charge in [0.2, 0.25) is 0 Å². The van der Waals surface area contributed by atoms with Crippen molar-refractivity contribution in [3.05, 3.63) is 40.2 Å². The Hall–Kier alpha value is -2.83. The Morgan fingerprint density at radius 1 is 1.27 bits per heavy atom. The zero-order chi connectivity index (χ0) is 16.3. The molecule has 0 amide bonds. The van der Waals surface area contributed by atoms with E-state index in [2.05, 4.69) is 5.10 Å². The van der Waals surface area contributed by atoms with E-state index in [4.69, 9.17) is 14.6 Å². The smallest absolute Gasteiger partial charge is 0.308 e. The number of hydrogen-bond acceptors (Lipinski definition) is 5. The van der Waals surface area contributed by atoms with Gasteiger partial charge in [0.25, 0.3) is 5.56 Å². The second kappa shape index (κ2) is 6.30. The number of carbonyl (C=O) groups is 1. The van der Waals surface area contributed by atoms with Crippen LogP contribution in [0.3, 0.4) is 0 Å². The number of benzene rings is 1. The number of nitrogens with zero attached hydrogens (tertiary/aromatic N) is 2. The molecule has 7 heteroatoms. The lowest BCUT2D eigenvalue weighted by Gasteiger charge is -2.11. The average Bonchev–Trinajstić information content (AvgIpc) is 2.50. The van der Waals surface area contributed by atoms with Crippen LogP contribution in [0.2, 0.25) is 0 Å². The van der Waals surface area contributed by atoms with Crippen molar-refractivity contribution in [3.63, 3.8) is 0 Å². The maximum atomic E-state index is 11.9. The summed E-state index contributed by atoms with van der Waals surface area (Å²) in [6.07, 6.45) is -0.360. The lowest BCUT2D eigenvalue weighted by Crippen LogP contribution is -2.25. The van der Waals surface area contributed by atoms with Gasteiger partial charge in [0.1, 0.15) is 11.5 Å². The van der Waals surface area contributed by atoms with Gasteiger partial charge < -0.3 is 14.6 Å². The zero-order valence-electron chi connectivity index (χ0n) is 12.5. The van der Waals surface area contributed by atoms with Crippen molar-refractivity contribution in [2.24, 2.45) is 7.05 Å². The molecular formula is C15H16N2O5. The van der Waals surface area contributed by atoms with E-state index in [1.54, 1.807) is 25.3 Å². The summed E-state index contributed by atoms with van der Waals surface area (Å²) in [4.78, 5) is 22.8. The van der Waals surface area contributed by atoms with Crippen molar-refractivity contribution < 1.29 is 19.4 Å². The highest BCUT2D eigenvalue weighted by atomic mass is 16.5. The fourth-order valence-electron chi connectivity index (χ4n) is 2.10. The molecule has 0 saturated carbocycles. The summed E-state index contributed by atoms with van der Waals surface area (Å²) in [5, 5.41) is 13.1. The third-order valence-corrected chi connectivity index (χ3v) is 3.16. The number of ether oxygens (including phenoxy) is 2. The summed E-state index contributed by atoms with van der Waals surface area (Å²) in [5.41, 5.74) is 0.833. The fourth-order valence-corrected chi connectivity index (χ4v) is 2.10. The van der Waals surface area contributed by atoms with Gasteiger partial charge in [-0.3, -0.25) is 9.59 Å². The van der Waals surface area contributed by atoms with Crippen molar-refractivity contribution in [2.75, 3.05) is 14.2 Å².